The average molecular weight is 226 g/mol. The van der Waals surface area contributed by atoms with Crippen LogP contribution in [0.3, 0.4) is 0 Å². The van der Waals surface area contributed by atoms with E-state index in [2.05, 4.69) is 5.32 Å². The Morgan fingerprint density at radius 2 is 1.88 bits per heavy atom. The molecule has 3 nitrogen and oxygen atoms in total. The van der Waals surface area contributed by atoms with E-state index >= 15 is 0 Å². The third-order valence-corrected chi connectivity index (χ3v) is 3.33. The molecule has 1 rings (SSSR count). The van der Waals surface area contributed by atoms with Gasteiger partial charge in [0.05, 0.1) is 6.04 Å². The summed E-state index contributed by atoms with van der Waals surface area (Å²) in [4.78, 5) is 11.9. The number of ketones is 1. The summed E-state index contributed by atoms with van der Waals surface area (Å²) in [6, 6.07) is 0.102. The first kappa shape index (κ1) is 13.7. The summed E-state index contributed by atoms with van der Waals surface area (Å²) < 4.78 is 0. The summed E-state index contributed by atoms with van der Waals surface area (Å²) in [5, 5.41) is 3.41. The van der Waals surface area contributed by atoms with Crippen molar-refractivity contribution in [3.8, 4) is 0 Å². The lowest BCUT2D eigenvalue weighted by Gasteiger charge is -2.19. The molecule has 0 aromatic rings. The Balaban J connectivity index is 2.32. The predicted molar refractivity (Wildman–Crippen MR) is 67.4 cm³/mol. The van der Waals surface area contributed by atoms with E-state index in [-0.39, 0.29) is 6.04 Å². The molecule has 0 aliphatic carbocycles. The lowest BCUT2D eigenvalue weighted by Crippen LogP contribution is -2.37. The highest BCUT2D eigenvalue weighted by Gasteiger charge is 2.17. The minimum absolute atomic E-state index is 0.102. The fraction of sp³-hybridized carbons (Fsp3) is 0.923. The Kier molecular flexibility index (Phi) is 7.43. The molecule has 0 spiro atoms. The standard InChI is InChI=1S/C13H26N2O/c14-10-6-5-8-12-13(16)9-4-2-1-3-7-11-15-12/h12,15H,1-11,14H2/t12-/m0/s1. The highest BCUT2D eigenvalue weighted by molar-refractivity contribution is 5.83. The summed E-state index contributed by atoms with van der Waals surface area (Å²) in [7, 11) is 0. The second kappa shape index (κ2) is 8.71. The van der Waals surface area contributed by atoms with Gasteiger partial charge in [-0.2, -0.15) is 0 Å². The van der Waals surface area contributed by atoms with Crippen molar-refractivity contribution in [2.24, 2.45) is 5.73 Å². The second-order valence-electron chi connectivity index (χ2n) is 4.78. The monoisotopic (exact) mass is 226 g/mol. The number of hydrogen-bond donors (Lipinski definition) is 2. The summed E-state index contributed by atoms with van der Waals surface area (Å²) in [6.45, 7) is 1.74. The van der Waals surface area contributed by atoms with Crippen LogP contribution in [0.2, 0.25) is 0 Å². The molecule has 16 heavy (non-hydrogen) atoms. The number of nitrogens with two attached hydrogens (primary N) is 1. The highest BCUT2D eigenvalue weighted by atomic mass is 16.1. The number of hydrogen-bond acceptors (Lipinski definition) is 3. The van der Waals surface area contributed by atoms with Gasteiger partial charge in [-0.25, -0.2) is 0 Å². The Bertz CT molecular complexity index is 192. The topological polar surface area (TPSA) is 55.1 Å². The molecule has 1 saturated heterocycles. The number of carbonyl (C=O) groups is 1. The van der Waals surface area contributed by atoms with Crippen molar-refractivity contribution in [3.05, 3.63) is 0 Å². The molecule has 1 aliphatic heterocycles. The van der Waals surface area contributed by atoms with Gasteiger partial charge < -0.3 is 11.1 Å². The molecule has 1 atom stereocenters. The van der Waals surface area contributed by atoms with Crippen molar-refractivity contribution in [2.45, 2.75) is 63.8 Å². The largest absolute Gasteiger partial charge is 0.330 e. The third-order valence-electron chi connectivity index (χ3n) is 3.33. The van der Waals surface area contributed by atoms with Crippen molar-refractivity contribution < 1.29 is 4.79 Å². The smallest absolute Gasteiger partial charge is 0.149 e. The van der Waals surface area contributed by atoms with Crippen LogP contribution in [-0.2, 0) is 4.79 Å². The average Bonchev–Trinajstić information content (AvgIpc) is 2.30. The Hall–Kier alpha value is -0.410. The fourth-order valence-corrected chi connectivity index (χ4v) is 2.27. The molecule has 0 saturated carbocycles. The maximum atomic E-state index is 11.9. The normalized spacial score (nSPS) is 24.3. The molecule has 94 valence electrons. The predicted octanol–water partition coefficient (Wildman–Crippen LogP) is 2.00. The zero-order chi connectivity index (χ0) is 11.6. The zero-order valence-corrected chi connectivity index (χ0v) is 10.3. The van der Waals surface area contributed by atoms with E-state index in [1.54, 1.807) is 0 Å². The molecule has 0 bridgehead atoms. The number of Topliss-reactive ketones (excluding diaryl/α,β-unsaturated/α-hetero) is 1. The highest BCUT2D eigenvalue weighted by Crippen LogP contribution is 2.11. The van der Waals surface area contributed by atoms with Gasteiger partial charge in [-0.05, 0) is 38.8 Å². The van der Waals surface area contributed by atoms with Gasteiger partial charge in [0.2, 0.25) is 0 Å². The molecule has 1 heterocycles. The van der Waals surface area contributed by atoms with E-state index in [1.807, 2.05) is 0 Å². The van der Waals surface area contributed by atoms with Gasteiger partial charge in [0, 0.05) is 6.42 Å². The second-order valence-corrected chi connectivity index (χ2v) is 4.78. The first-order valence-electron chi connectivity index (χ1n) is 6.81. The SMILES string of the molecule is NCCCC[C@@H]1NCCCCCCCC1=O. The zero-order valence-electron chi connectivity index (χ0n) is 10.3. The van der Waals surface area contributed by atoms with Crippen molar-refractivity contribution in [1.82, 2.24) is 5.32 Å². The van der Waals surface area contributed by atoms with Crippen LogP contribution < -0.4 is 11.1 Å². The van der Waals surface area contributed by atoms with Crippen molar-refractivity contribution >= 4 is 5.78 Å². The Morgan fingerprint density at radius 1 is 1.12 bits per heavy atom. The molecule has 0 amide bonds. The molecular weight excluding hydrogens is 200 g/mol. The molecule has 1 fully saturated rings. The van der Waals surface area contributed by atoms with E-state index < -0.39 is 0 Å². The molecule has 0 aromatic carbocycles. The Morgan fingerprint density at radius 3 is 2.69 bits per heavy atom. The summed E-state index contributed by atoms with van der Waals surface area (Å²) >= 11 is 0. The first-order chi connectivity index (χ1) is 7.84. The van der Waals surface area contributed by atoms with E-state index in [9.17, 15) is 4.79 Å². The summed E-state index contributed by atoms with van der Waals surface area (Å²) in [5.41, 5.74) is 5.47. The van der Waals surface area contributed by atoms with E-state index in [4.69, 9.17) is 5.73 Å². The lowest BCUT2D eigenvalue weighted by atomic mass is 9.98. The van der Waals surface area contributed by atoms with Gasteiger partial charge >= 0.3 is 0 Å². The van der Waals surface area contributed by atoms with Crippen LogP contribution in [0.5, 0.6) is 0 Å². The van der Waals surface area contributed by atoms with Crippen LogP contribution in [0, 0.1) is 0 Å². The number of carbonyl (C=O) groups excluding carboxylic acids is 1. The third kappa shape index (κ3) is 5.61. The van der Waals surface area contributed by atoms with Gasteiger partial charge in [-0.3, -0.25) is 4.79 Å². The van der Waals surface area contributed by atoms with E-state index in [1.165, 1.54) is 25.7 Å². The van der Waals surface area contributed by atoms with Gasteiger partial charge in [0.25, 0.3) is 0 Å². The van der Waals surface area contributed by atoms with Crippen LogP contribution in [0.25, 0.3) is 0 Å². The van der Waals surface area contributed by atoms with E-state index in [0.717, 1.165) is 45.2 Å². The van der Waals surface area contributed by atoms with Gasteiger partial charge in [-0.15, -0.1) is 0 Å². The van der Waals surface area contributed by atoms with Crippen molar-refractivity contribution in [1.29, 1.82) is 0 Å². The van der Waals surface area contributed by atoms with Gasteiger partial charge in [-0.1, -0.05) is 25.7 Å². The summed E-state index contributed by atoms with van der Waals surface area (Å²) in [5.74, 6) is 0.416. The van der Waals surface area contributed by atoms with Crippen LogP contribution >= 0.6 is 0 Å². The van der Waals surface area contributed by atoms with Crippen LogP contribution in [0.4, 0.5) is 0 Å². The Labute approximate surface area is 99.2 Å². The maximum Gasteiger partial charge on any atom is 0.149 e. The molecule has 0 radical (unpaired) electrons. The van der Waals surface area contributed by atoms with Gasteiger partial charge in [0.1, 0.15) is 5.78 Å². The number of rotatable bonds is 4. The van der Waals surface area contributed by atoms with Crippen molar-refractivity contribution in [3.63, 3.8) is 0 Å². The summed E-state index contributed by atoms with van der Waals surface area (Å²) in [6.07, 6.45) is 9.93. The van der Waals surface area contributed by atoms with Crippen LogP contribution in [0.1, 0.15) is 57.8 Å². The lowest BCUT2D eigenvalue weighted by molar-refractivity contribution is -0.121. The molecule has 0 aromatic heterocycles. The fourth-order valence-electron chi connectivity index (χ4n) is 2.27. The minimum atomic E-state index is 0.102. The minimum Gasteiger partial charge on any atom is -0.330 e. The first-order valence-corrected chi connectivity index (χ1v) is 6.81. The molecule has 3 N–H and O–H groups in total. The van der Waals surface area contributed by atoms with Crippen LogP contribution in [-0.4, -0.2) is 24.9 Å². The molecular formula is C13H26N2O. The molecule has 3 heteroatoms. The number of nitrogens with one attached hydrogen (secondary N) is 1. The van der Waals surface area contributed by atoms with Crippen molar-refractivity contribution in [2.75, 3.05) is 13.1 Å². The van der Waals surface area contributed by atoms with Gasteiger partial charge in [0.15, 0.2) is 0 Å². The molecule has 0 unspecified atom stereocenters. The number of unbranched alkanes of at least 4 members (excludes halogenated alkanes) is 1. The van der Waals surface area contributed by atoms with E-state index in [0.29, 0.717) is 5.78 Å². The molecule has 1 aliphatic rings. The quantitative estimate of drug-likeness (QED) is 0.721. The van der Waals surface area contributed by atoms with Crippen LogP contribution in [0.15, 0.2) is 0 Å². The maximum absolute atomic E-state index is 11.9.